The minimum absolute atomic E-state index is 0.282. The molecule has 0 saturated heterocycles. The number of rotatable bonds is 6. The van der Waals surface area contributed by atoms with Crippen molar-refractivity contribution in [2.75, 3.05) is 10.6 Å². The average Bonchev–Trinajstić information content (AvgIpc) is 2.49. The lowest BCUT2D eigenvalue weighted by Gasteiger charge is -2.08. The number of carbonyl (C=O) groups excluding carboxylic acids is 2. The number of hydrogen-bond acceptors (Lipinski definition) is 2. The molecule has 4 N–H and O–H groups in total. The molecular formula is C17H19N3O2. The number of benzene rings is 2. The number of para-hydroxylation sites is 1. The van der Waals surface area contributed by atoms with Crippen molar-refractivity contribution in [1.82, 2.24) is 0 Å². The van der Waals surface area contributed by atoms with Gasteiger partial charge in [-0.3, -0.25) is 4.79 Å². The maximum absolute atomic E-state index is 11.8. The molecule has 0 unspecified atom stereocenters. The normalized spacial score (nSPS) is 10.0. The molecule has 0 aliphatic heterocycles. The Hall–Kier alpha value is -2.82. The quantitative estimate of drug-likeness (QED) is 0.765. The second kappa shape index (κ2) is 7.83. The summed E-state index contributed by atoms with van der Waals surface area (Å²) in [7, 11) is 0. The number of urea groups is 1. The highest BCUT2D eigenvalue weighted by molar-refractivity contribution is 5.99. The van der Waals surface area contributed by atoms with E-state index in [0.29, 0.717) is 12.1 Å². The van der Waals surface area contributed by atoms with Crippen LogP contribution in [-0.4, -0.2) is 11.9 Å². The van der Waals surface area contributed by atoms with Crippen LogP contribution < -0.4 is 16.4 Å². The number of amides is 3. The van der Waals surface area contributed by atoms with Crippen molar-refractivity contribution in [3.05, 3.63) is 60.2 Å². The summed E-state index contributed by atoms with van der Waals surface area (Å²) in [5.41, 5.74) is 7.67. The zero-order valence-corrected chi connectivity index (χ0v) is 12.2. The Kier molecular flexibility index (Phi) is 5.54. The van der Waals surface area contributed by atoms with Crippen molar-refractivity contribution in [2.24, 2.45) is 5.73 Å². The summed E-state index contributed by atoms with van der Waals surface area (Å²) in [6.07, 6.45) is 1.91. The molecule has 114 valence electrons. The number of nitrogens with two attached hydrogens (primary N) is 1. The summed E-state index contributed by atoms with van der Waals surface area (Å²) < 4.78 is 0. The highest BCUT2D eigenvalue weighted by Crippen LogP contribution is 2.13. The highest BCUT2D eigenvalue weighted by atomic mass is 16.2. The zero-order valence-electron chi connectivity index (χ0n) is 12.2. The molecule has 5 heteroatoms. The van der Waals surface area contributed by atoms with E-state index in [-0.39, 0.29) is 11.9 Å². The van der Waals surface area contributed by atoms with Crippen molar-refractivity contribution >= 4 is 23.3 Å². The first kappa shape index (κ1) is 15.6. The van der Waals surface area contributed by atoms with Gasteiger partial charge < -0.3 is 16.4 Å². The second-order valence-corrected chi connectivity index (χ2v) is 4.96. The Labute approximate surface area is 129 Å². The molecule has 0 aliphatic rings. The monoisotopic (exact) mass is 297 g/mol. The first-order chi connectivity index (χ1) is 10.6. The first-order valence-corrected chi connectivity index (χ1v) is 7.14. The van der Waals surface area contributed by atoms with E-state index in [0.717, 1.165) is 24.1 Å². The van der Waals surface area contributed by atoms with Crippen LogP contribution in [0.2, 0.25) is 0 Å². The topological polar surface area (TPSA) is 84.2 Å². The maximum atomic E-state index is 11.8. The smallest absolute Gasteiger partial charge is 0.323 e. The van der Waals surface area contributed by atoms with Gasteiger partial charge in [-0.25, -0.2) is 4.79 Å². The summed E-state index contributed by atoms with van der Waals surface area (Å²) in [5.74, 6) is -0.282. The fourth-order valence-electron chi connectivity index (χ4n) is 2.04. The minimum Gasteiger partial charge on any atom is -0.370 e. The highest BCUT2D eigenvalue weighted by Gasteiger charge is 2.02. The van der Waals surface area contributed by atoms with E-state index >= 15 is 0 Å². The van der Waals surface area contributed by atoms with Crippen LogP contribution in [0.3, 0.4) is 0 Å². The van der Waals surface area contributed by atoms with Gasteiger partial charge in [0.25, 0.3) is 0 Å². The van der Waals surface area contributed by atoms with Gasteiger partial charge in [0.15, 0.2) is 0 Å². The molecule has 2 rings (SSSR count). The Morgan fingerprint density at radius 1 is 0.864 bits per heavy atom. The third-order valence-corrected chi connectivity index (χ3v) is 3.13. The maximum Gasteiger partial charge on any atom is 0.323 e. The summed E-state index contributed by atoms with van der Waals surface area (Å²) in [4.78, 5) is 22.5. The SMILES string of the molecule is NC(=O)CCCc1ccc(NC(=O)Nc2ccccc2)cc1. The van der Waals surface area contributed by atoms with Gasteiger partial charge in [-0.2, -0.15) is 0 Å². The van der Waals surface area contributed by atoms with Crippen LogP contribution >= 0.6 is 0 Å². The molecule has 0 saturated carbocycles. The summed E-state index contributed by atoms with van der Waals surface area (Å²) in [5, 5.41) is 5.52. The van der Waals surface area contributed by atoms with E-state index in [2.05, 4.69) is 10.6 Å². The zero-order chi connectivity index (χ0) is 15.8. The second-order valence-electron chi connectivity index (χ2n) is 4.96. The van der Waals surface area contributed by atoms with Gasteiger partial charge >= 0.3 is 6.03 Å². The summed E-state index contributed by atoms with van der Waals surface area (Å²) >= 11 is 0. The van der Waals surface area contributed by atoms with Gasteiger partial charge in [-0.05, 0) is 42.7 Å². The summed E-state index contributed by atoms with van der Waals surface area (Å²) in [6, 6.07) is 16.5. The van der Waals surface area contributed by atoms with Crippen LogP contribution in [0.4, 0.5) is 16.2 Å². The molecular weight excluding hydrogens is 278 g/mol. The van der Waals surface area contributed by atoms with Gasteiger partial charge in [0, 0.05) is 17.8 Å². The Balaban J connectivity index is 1.83. The first-order valence-electron chi connectivity index (χ1n) is 7.14. The number of aryl methyl sites for hydroxylation is 1. The molecule has 0 fully saturated rings. The number of anilines is 2. The van der Waals surface area contributed by atoms with Gasteiger partial charge in [0.2, 0.25) is 5.91 Å². The largest absolute Gasteiger partial charge is 0.370 e. The van der Waals surface area contributed by atoms with Gasteiger partial charge in [0.05, 0.1) is 0 Å². The number of hydrogen-bond donors (Lipinski definition) is 3. The predicted octanol–water partition coefficient (Wildman–Crippen LogP) is 3.14. The van der Waals surface area contributed by atoms with Crippen LogP contribution in [-0.2, 0) is 11.2 Å². The molecule has 5 nitrogen and oxygen atoms in total. The molecule has 0 spiro atoms. The van der Waals surface area contributed by atoms with Crippen molar-refractivity contribution in [1.29, 1.82) is 0 Å². The molecule has 22 heavy (non-hydrogen) atoms. The van der Waals surface area contributed by atoms with Crippen molar-refractivity contribution in [3.63, 3.8) is 0 Å². The number of carbonyl (C=O) groups is 2. The van der Waals surface area contributed by atoms with Crippen LogP contribution in [0.1, 0.15) is 18.4 Å². The van der Waals surface area contributed by atoms with Crippen LogP contribution in [0.25, 0.3) is 0 Å². The number of nitrogens with one attached hydrogen (secondary N) is 2. The van der Waals surface area contributed by atoms with Crippen LogP contribution in [0.5, 0.6) is 0 Å². The van der Waals surface area contributed by atoms with E-state index in [1.807, 2.05) is 54.6 Å². The van der Waals surface area contributed by atoms with E-state index in [1.165, 1.54) is 0 Å². The Bertz CT molecular complexity index is 624. The molecule has 0 atom stereocenters. The molecule has 2 aromatic rings. The Morgan fingerprint density at radius 2 is 1.45 bits per heavy atom. The molecule has 0 radical (unpaired) electrons. The lowest BCUT2D eigenvalue weighted by molar-refractivity contribution is -0.118. The van der Waals surface area contributed by atoms with Gasteiger partial charge in [-0.1, -0.05) is 30.3 Å². The fraction of sp³-hybridized carbons (Fsp3) is 0.176. The lowest BCUT2D eigenvalue weighted by Crippen LogP contribution is -2.19. The van der Waals surface area contributed by atoms with Crippen molar-refractivity contribution in [3.8, 4) is 0 Å². The third-order valence-electron chi connectivity index (χ3n) is 3.13. The Morgan fingerprint density at radius 3 is 2.05 bits per heavy atom. The molecule has 2 aromatic carbocycles. The molecule has 3 amide bonds. The minimum atomic E-state index is -0.285. The van der Waals surface area contributed by atoms with E-state index in [4.69, 9.17) is 5.73 Å². The van der Waals surface area contributed by atoms with E-state index in [1.54, 1.807) is 0 Å². The number of primary amides is 1. The molecule has 0 bridgehead atoms. The summed E-state index contributed by atoms with van der Waals surface area (Å²) in [6.45, 7) is 0. The third kappa shape index (κ3) is 5.28. The van der Waals surface area contributed by atoms with E-state index < -0.39 is 0 Å². The fourth-order valence-corrected chi connectivity index (χ4v) is 2.04. The lowest BCUT2D eigenvalue weighted by atomic mass is 10.1. The standard InChI is InChI=1S/C17H19N3O2/c18-16(21)8-4-5-13-9-11-15(12-10-13)20-17(22)19-14-6-2-1-3-7-14/h1-3,6-7,9-12H,4-5,8H2,(H2,18,21)(H2,19,20,22). The molecule has 0 aromatic heterocycles. The van der Waals surface area contributed by atoms with Crippen LogP contribution in [0, 0.1) is 0 Å². The van der Waals surface area contributed by atoms with Gasteiger partial charge in [-0.15, -0.1) is 0 Å². The van der Waals surface area contributed by atoms with E-state index in [9.17, 15) is 9.59 Å². The molecule has 0 aliphatic carbocycles. The predicted molar refractivity (Wildman–Crippen MR) is 87.7 cm³/mol. The molecule has 0 heterocycles. The average molecular weight is 297 g/mol. The van der Waals surface area contributed by atoms with Gasteiger partial charge in [0.1, 0.15) is 0 Å². The van der Waals surface area contributed by atoms with Crippen molar-refractivity contribution < 1.29 is 9.59 Å². The van der Waals surface area contributed by atoms with Crippen molar-refractivity contribution in [2.45, 2.75) is 19.3 Å². The van der Waals surface area contributed by atoms with Crippen LogP contribution in [0.15, 0.2) is 54.6 Å².